The molecule has 13 heavy (non-hydrogen) atoms. The molecule has 0 aromatic heterocycles. The molecule has 0 spiro atoms. The van der Waals surface area contributed by atoms with Gasteiger partial charge in [0, 0.05) is 7.05 Å². The van der Waals surface area contributed by atoms with E-state index in [2.05, 4.69) is 11.8 Å². The van der Waals surface area contributed by atoms with Crippen LogP contribution in [0.5, 0.6) is 0 Å². The molecular formula is C9H13NO3. The van der Waals surface area contributed by atoms with Crippen LogP contribution in [0.25, 0.3) is 0 Å². The number of cyclic esters (lactones) is 1. The highest BCUT2D eigenvalue weighted by Crippen LogP contribution is 2.08. The molecule has 1 fully saturated rings. The fourth-order valence-corrected chi connectivity index (χ4v) is 1.05. The summed E-state index contributed by atoms with van der Waals surface area (Å²) in [5.41, 5.74) is 0. The third-order valence-corrected chi connectivity index (χ3v) is 1.71. The molecule has 0 saturated carbocycles. The lowest BCUT2D eigenvalue weighted by molar-refractivity contribution is 0.0597. The first kappa shape index (κ1) is 9.87. The van der Waals surface area contributed by atoms with E-state index in [1.807, 2.05) is 0 Å². The van der Waals surface area contributed by atoms with Crippen molar-refractivity contribution in [3.8, 4) is 11.8 Å². The van der Waals surface area contributed by atoms with Gasteiger partial charge in [-0.15, -0.1) is 5.92 Å². The molecule has 1 amide bonds. The third-order valence-electron chi connectivity index (χ3n) is 1.71. The molecule has 0 aliphatic carbocycles. The summed E-state index contributed by atoms with van der Waals surface area (Å²) in [4.78, 5) is 12.4. The molecule has 1 aliphatic rings. The van der Waals surface area contributed by atoms with Gasteiger partial charge in [0.25, 0.3) is 0 Å². The van der Waals surface area contributed by atoms with Gasteiger partial charge in [-0.2, -0.15) is 0 Å². The molecule has 1 aliphatic heterocycles. The van der Waals surface area contributed by atoms with Crippen molar-refractivity contribution in [1.82, 2.24) is 4.90 Å². The molecule has 0 unspecified atom stereocenters. The van der Waals surface area contributed by atoms with Crippen molar-refractivity contribution in [2.45, 2.75) is 13.0 Å². The maximum atomic E-state index is 10.9. The summed E-state index contributed by atoms with van der Waals surface area (Å²) in [6.07, 6.45) is -0.425. The molecule has 0 aromatic rings. The summed E-state index contributed by atoms with van der Waals surface area (Å²) >= 11 is 0. The number of amides is 1. The van der Waals surface area contributed by atoms with Gasteiger partial charge in [0.15, 0.2) is 0 Å². The van der Waals surface area contributed by atoms with Crippen molar-refractivity contribution in [2.24, 2.45) is 0 Å². The minimum absolute atomic E-state index is 0.142. The number of ether oxygens (including phenoxy) is 2. The van der Waals surface area contributed by atoms with Crippen LogP contribution in [0.1, 0.15) is 6.92 Å². The SMILES string of the molecule is CC#CCOC[C@H]1CN(C)C(=O)O1. The molecule has 1 saturated heterocycles. The molecule has 4 nitrogen and oxygen atoms in total. The molecule has 72 valence electrons. The quantitative estimate of drug-likeness (QED) is 0.472. The number of likely N-dealkylation sites (N-methyl/N-ethyl adjacent to an activating group) is 1. The first-order valence-electron chi connectivity index (χ1n) is 4.13. The predicted molar refractivity (Wildman–Crippen MR) is 47.2 cm³/mol. The zero-order valence-corrected chi connectivity index (χ0v) is 7.87. The highest BCUT2D eigenvalue weighted by molar-refractivity contribution is 5.69. The van der Waals surface area contributed by atoms with Crippen LogP contribution in [-0.4, -0.2) is 43.9 Å². The molecule has 1 heterocycles. The molecule has 0 radical (unpaired) electrons. The molecule has 0 bridgehead atoms. The van der Waals surface area contributed by atoms with Gasteiger partial charge < -0.3 is 14.4 Å². The first-order chi connectivity index (χ1) is 6.24. The fraction of sp³-hybridized carbons (Fsp3) is 0.667. The normalized spacial score (nSPS) is 20.9. The van der Waals surface area contributed by atoms with Gasteiger partial charge in [-0.3, -0.25) is 0 Å². The Hall–Kier alpha value is -1.21. The zero-order valence-electron chi connectivity index (χ0n) is 7.87. The van der Waals surface area contributed by atoms with Gasteiger partial charge in [0.05, 0.1) is 13.2 Å². The van der Waals surface area contributed by atoms with Crippen LogP contribution in [0, 0.1) is 11.8 Å². The highest BCUT2D eigenvalue weighted by atomic mass is 16.6. The number of hydrogen-bond donors (Lipinski definition) is 0. The number of nitrogens with zero attached hydrogens (tertiary/aromatic N) is 1. The number of carbonyl (C=O) groups is 1. The van der Waals surface area contributed by atoms with Crippen molar-refractivity contribution < 1.29 is 14.3 Å². The van der Waals surface area contributed by atoms with Gasteiger partial charge >= 0.3 is 6.09 Å². The summed E-state index contributed by atoms with van der Waals surface area (Å²) < 4.78 is 10.1. The Morgan fingerprint density at radius 1 is 1.77 bits per heavy atom. The Morgan fingerprint density at radius 3 is 3.08 bits per heavy atom. The van der Waals surface area contributed by atoms with E-state index in [-0.39, 0.29) is 12.2 Å². The van der Waals surface area contributed by atoms with Crippen LogP contribution in [-0.2, 0) is 9.47 Å². The van der Waals surface area contributed by atoms with Crippen molar-refractivity contribution in [1.29, 1.82) is 0 Å². The van der Waals surface area contributed by atoms with Gasteiger partial charge in [0.1, 0.15) is 12.7 Å². The smallest absolute Gasteiger partial charge is 0.410 e. The Bertz CT molecular complexity index is 241. The van der Waals surface area contributed by atoms with E-state index in [0.717, 1.165) is 0 Å². The van der Waals surface area contributed by atoms with Gasteiger partial charge in [-0.25, -0.2) is 4.79 Å². The predicted octanol–water partition coefficient (Wildman–Crippen LogP) is 0.477. The Labute approximate surface area is 77.8 Å². The van der Waals surface area contributed by atoms with Crippen LogP contribution in [0.2, 0.25) is 0 Å². The second-order valence-electron chi connectivity index (χ2n) is 2.83. The summed E-state index contributed by atoms with van der Waals surface area (Å²) in [6, 6.07) is 0. The monoisotopic (exact) mass is 183 g/mol. The minimum atomic E-state index is -0.282. The van der Waals surface area contributed by atoms with Crippen molar-refractivity contribution in [3.63, 3.8) is 0 Å². The van der Waals surface area contributed by atoms with E-state index in [1.54, 1.807) is 14.0 Å². The minimum Gasteiger partial charge on any atom is -0.442 e. The molecule has 1 atom stereocenters. The van der Waals surface area contributed by atoms with Crippen LogP contribution < -0.4 is 0 Å². The average Bonchev–Trinajstić information content (AvgIpc) is 2.41. The second-order valence-corrected chi connectivity index (χ2v) is 2.83. The Balaban J connectivity index is 2.16. The van der Waals surface area contributed by atoms with Gasteiger partial charge in [0.2, 0.25) is 0 Å². The molecule has 0 N–H and O–H groups in total. The van der Waals surface area contributed by atoms with E-state index in [1.165, 1.54) is 4.90 Å². The lowest BCUT2D eigenvalue weighted by Gasteiger charge is -2.06. The first-order valence-corrected chi connectivity index (χ1v) is 4.13. The summed E-state index contributed by atoms with van der Waals surface area (Å²) in [5.74, 6) is 5.49. The number of hydrogen-bond acceptors (Lipinski definition) is 3. The van der Waals surface area contributed by atoms with E-state index in [4.69, 9.17) is 9.47 Å². The Morgan fingerprint density at radius 2 is 2.54 bits per heavy atom. The molecule has 1 rings (SSSR count). The van der Waals surface area contributed by atoms with E-state index >= 15 is 0 Å². The van der Waals surface area contributed by atoms with Crippen LogP contribution in [0.4, 0.5) is 4.79 Å². The third kappa shape index (κ3) is 2.96. The van der Waals surface area contributed by atoms with E-state index in [9.17, 15) is 4.79 Å². The van der Waals surface area contributed by atoms with Crippen molar-refractivity contribution in [2.75, 3.05) is 26.8 Å². The van der Waals surface area contributed by atoms with Crippen LogP contribution in [0.15, 0.2) is 0 Å². The largest absolute Gasteiger partial charge is 0.442 e. The summed E-state index contributed by atoms with van der Waals surface area (Å²) in [6.45, 7) is 3.17. The zero-order chi connectivity index (χ0) is 9.68. The number of rotatable bonds is 3. The van der Waals surface area contributed by atoms with E-state index in [0.29, 0.717) is 19.8 Å². The van der Waals surface area contributed by atoms with Crippen molar-refractivity contribution in [3.05, 3.63) is 0 Å². The lowest BCUT2D eigenvalue weighted by Crippen LogP contribution is -2.22. The number of carbonyl (C=O) groups excluding carboxylic acids is 1. The van der Waals surface area contributed by atoms with Crippen LogP contribution >= 0.6 is 0 Å². The maximum Gasteiger partial charge on any atom is 0.410 e. The molecule has 0 aromatic carbocycles. The van der Waals surface area contributed by atoms with Crippen LogP contribution in [0.3, 0.4) is 0 Å². The molecule has 4 heteroatoms. The van der Waals surface area contributed by atoms with Gasteiger partial charge in [-0.05, 0) is 6.92 Å². The van der Waals surface area contributed by atoms with E-state index < -0.39 is 0 Å². The standard InChI is InChI=1S/C9H13NO3/c1-3-4-5-12-7-8-6-10(2)9(11)13-8/h8H,5-7H2,1-2H3/t8-/m1/s1. The fourth-order valence-electron chi connectivity index (χ4n) is 1.05. The van der Waals surface area contributed by atoms with Gasteiger partial charge in [-0.1, -0.05) is 5.92 Å². The summed E-state index contributed by atoms with van der Waals surface area (Å²) in [7, 11) is 1.70. The average molecular weight is 183 g/mol. The topological polar surface area (TPSA) is 38.8 Å². The second kappa shape index (κ2) is 4.73. The lowest BCUT2D eigenvalue weighted by atomic mass is 10.4. The molecular weight excluding hydrogens is 170 g/mol. The Kier molecular flexibility index (Phi) is 3.59. The maximum absolute atomic E-state index is 10.9. The summed E-state index contributed by atoms with van der Waals surface area (Å²) in [5, 5.41) is 0. The van der Waals surface area contributed by atoms with Crippen molar-refractivity contribution >= 4 is 6.09 Å². The highest BCUT2D eigenvalue weighted by Gasteiger charge is 2.27.